The van der Waals surface area contributed by atoms with Gasteiger partial charge in [-0.25, -0.2) is 0 Å². The highest BCUT2D eigenvalue weighted by Crippen LogP contribution is 2.24. The maximum Gasteiger partial charge on any atom is 0.252 e. The predicted molar refractivity (Wildman–Crippen MR) is 90.2 cm³/mol. The second-order valence-electron chi connectivity index (χ2n) is 7.17. The van der Waals surface area contributed by atoms with Crippen molar-refractivity contribution < 1.29 is 4.79 Å². The summed E-state index contributed by atoms with van der Waals surface area (Å²) in [5, 5.41) is 3.21. The first-order valence-corrected chi connectivity index (χ1v) is 8.78. The van der Waals surface area contributed by atoms with Crippen LogP contribution in [0.2, 0.25) is 0 Å². The zero-order chi connectivity index (χ0) is 16.4. The number of hydrogen-bond acceptors (Lipinski definition) is 3. The van der Waals surface area contributed by atoms with Gasteiger partial charge in [0.2, 0.25) is 5.91 Å². The van der Waals surface area contributed by atoms with Crippen molar-refractivity contribution >= 4 is 5.91 Å². The highest BCUT2D eigenvalue weighted by molar-refractivity contribution is 5.81. The van der Waals surface area contributed by atoms with Crippen molar-refractivity contribution in [1.82, 2.24) is 15.2 Å². The lowest BCUT2D eigenvalue weighted by Crippen LogP contribution is -2.50. The predicted octanol–water partition coefficient (Wildman–Crippen LogP) is 1.82. The molecule has 1 saturated carbocycles. The van der Waals surface area contributed by atoms with Gasteiger partial charge in [-0.1, -0.05) is 6.92 Å². The molecule has 1 aromatic rings. The van der Waals surface area contributed by atoms with E-state index in [1.807, 2.05) is 13.0 Å². The molecule has 5 heteroatoms. The summed E-state index contributed by atoms with van der Waals surface area (Å²) >= 11 is 0. The molecule has 0 bridgehead atoms. The molecule has 5 nitrogen and oxygen atoms in total. The molecule has 1 atom stereocenters. The van der Waals surface area contributed by atoms with Crippen LogP contribution in [0.5, 0.6) is 0 Å². The smallest absolute Gasteiger partial charge is 0.252 e. The average Bonchev–Trinajstić information content (AvgIpc) is 2.56. The van der Waals surface area contributed by atoms with Gasteiger partial charge in [0.15, 0.2) is 0 Å². The fraction of sp³-hybridized carbons (Fsp3) is 0.667. The summed E-state index contributed by atoms with van der Waals surface area (Å²) in [6.45, 7) is 5.61. The van der Waals surface area contributed by atoms with Gasteiger partial charge in [-0.2, -0.15) is 0 Å². The van der Waals surface area contributed by atoms with Gasteiger partial charge in [0, 0.05) is 30.9 Å². The number of carbonyl (C=O) groups is 1. The summed E-state index contributed by atoms with van der Waals surface area (Å²) < 4.78 is 0. The third kappa shape index (κ3) is 3.66. The van der Waals surface area contributed by atoms with Crippen LogP contribution in [-0.2, 0) is 17.8 Å². The number of fused-ring (bicyclic) bond motifs is 1. The topological polar surface area (TPSA) is 65.2 Å². The molecule has 1 aliphatic heterocycles. The summed E-state index contributed by atoms with van der Waals surface area (Å²) in [4.78, 5) is 29.4. The van der Waals surface area contributed by atoms with Crippen molar-refractivity contribution in [2.45, 2.75) is 64.6 Å². The van der Waals surface area contributed by atoms with Crippen molar-refractivity contribution in [2.75, 3.05) is 6.54 Å². The second-order valence-corrected chi connectivity index (χ2v) is 7.17. The molecule has 3 rings (SSSR count). The van der Waals surface area contributed by atoms with Crippen LogP contribution < -0.4 is 10.9 Å². The Morgan fingerprint density at radius 3 is 2.83 bits per heavy atom. The van der Waals surface area contributed by atoms with Crippen LogP contribution in [-0.4, -0.2) is 34.4 Å². The van der Waals surface area contributed by atoms with E-state index in [9.17, 15) is 9.59 Å². The molecule has 0 aromatic carbocycles. The van der Waals surface area contributed by atoms with Gasteiger partial charge in [-0.15, -0.1) is 0 Å². The molecule has 1 fully saturated rings. The Labute approximate surface area is 137 Å². The van der Waals surface area contributed by atoms with Crippen molar-refractivity contribution in [3.8, 4) is 0 Å². The largest absolute Gasteiger partial charge is 0.352 e. The van der Waals surface area contributed by atoms with E-state index in [4.69, 9.17) is 0 Å². The molecule has 1 unspecified atom stereocenters. The van der Waals surface area contributed by atoms with Crippen molar-refractivity contribution in [2.24, 2.45) is 5.92 Å². The van der Waals surface area contributed by atoms with Gasteiger partial charge < -0.3 is 10.3 Å². The molecule has 2 N–H and O–H groups in total. The summed E-state index contributed by atoms with van der Waals surface area (Å²) in [7, 11) is 0. The summed E-state index contributed by atoms with van der Waals surface area (Å²) in [6.07, 6.45) is 7.11. The molecular formula is C18H27N3O2. The van der Waals surface area contributed by atoms with Crippen molar-refractivity contribution in [3.63, 3.8) is 0 Å². The van der Waals surface area contributed by atoms with E-state index in [1.54, 1.807) is 6.20 Å². The Balaban J connectivity index is 1.60. The van der Waals surface area contributed by atoms with Crippen LogP contribution in [0.4, 0.5) is 0 Å². The molecule has 1 amide bonds. The highest BCUT2D eigenvalue weighted by atomic mass is 16.2. The molecular weight excluding hydrogens is 290 g/mol. The summed E-state index contributed by atoms with van der Waals surface area (Å²) in [5.74, 6) is 0.881. The monoisotopic (exact) mass is 317 g/mol. The number of carbonyl (C=O) groups excluding carboxylic acids is 1. The van der Waals surface area contributed by atoms with Crippen LogP contribution in [0.25, 0.3) is 0 Å². The van der Waals surface area contributed by atoms with E-state index in [-0.39, 0.29) is 17.5 Å². The Hall–Kier alpha value is -1.62. The van der Waals surface area contributed by atoms with E-state index in [1.165, 1.54) is 12.8 Å². The van der Waals surface area contributed by atoms with Crippen molar-refractivity contribution in [1.29, 1.82) is 0 Å². The van der Waals surface area contributed by atoms with Gasteiger partial charge in [-0.05, 0) is 56.6 Å². The molecule has 126 valence electrons. The van der Waals surface area contributed by atoms with E-state index >= 15 is 0 Å². The van der Waals surface area contributed by atoms with Gasteiger partial charge in [0.25, 0.3) is 5.56 Å². The summed E-state index contributed by atoms with van der Waals surface area (Å²) in [6, 6.07) is 2.10. The Kier molecular flexibility index (Phi) is 4.85. The molecule has 2 heterocycles. The number of amides is 1. The SMILES string of the molecule is CC1CCC(NC(=O)C(C)N2CCc3cc[nH]c(=O)c3C2)CC1. The number of hydrogen-bond donors (Lipinski definition) is 2. The number of pyridine rings is 1. The number of nitrogens with zero attached hydrogens (tertiary/aromatic N) is 1. The lowest BCUT2D eigenvalue weighted by Gasteiger charge is -2.34. The Morgan fingerprint density at radius 2 is 2.09 bits per heavy atom. The van der Waals surface area contributed by atoms with Gasteiger partial charge >= 0.3 is 0 Å². The number of aromatic nitrogens is 1. The molecule has 0 saturated heterocycles. The lowest BCUT2D eigenvalue weighted by atomic mass is 9.87. The van der Waals surface area contributed by atoms with E-state index in [0.29, 0.717) is 12.6 Å². The zero-order valence-electron chi connectivity index (χ0n) is 14.1. The van der Waals surface area contributed by atoms with Gasteiger partial charge in [0.05, 0.1) is 6.04 Å². The van der Waals surface area contributed by atoms with Crippen LogP contribution >= 0.6 is 0 Å². The molecule has 23 heavy (non-hydrogen) atoms. The van der Waals surface area contributed by atoms with E-state index in [0.717, 1.165) is 42.9 Å². The molecule has 0 radical (unpaired) electrons. The van der Waals surface area contributed by atoms with Gasteiger partial charge in [-0.3, -0.25) is 14.5 Å². The van der Waals surface area contributed by atoms with Crippen LogP contribution in [0.3, 0.4) is 0 Å². The lowest BCUT2D eigenvalue weighted by molar-refractivity contribution is -0.127. The Bertz CT molecular complexity index is 617. The zero-order valence-corrected chi connectivity index (χ0v) is 14.1. The first kappa shape index (κ1) is 16.2. The number of aromatic amines is 1. The third-order valence-electron chi connectivity index (χ3n) is 5.48. The number of nitrogens with one attached hydrogen (secondary N) is 2. The van der Waals surface area contributed by atoms with Crippen molar-refractivity contribution in [3.05, 3.63) is 33.7 Å². The minimum absolute atomic E-state index is 0.0268. The average molecular weight is 317 g/mol. The minimum atomic E-state index is -0.192. The van der Waals surface area contributed by atoms with Crippen LogP contribution in [0.1, 0.15) is 50.7 Å². The summed E-state index contributed by atoms with van der Waals surface area (Å²) in [5.41, 5.74) is 1.89. The third-order valence-corrected chi connectivity index (χ3v) is 5.48. The second kappa shape index (κ2) is 6.87. The van der Waals surface area contributed by atoms with Crippen LogP contribution in [0, 0.1) is 5.92 Å². The number of H-pyrrole nitrogens is 1. The van der Waals surface area contributed by atoms with E-state index < -0.39 is 0 Å². The van der Waals surface area contributed by atoms with Gasteiger partial charge in [0.1, 0.15) is 0 Å². The molecule has 1 aliphatic carbocycles. The van der Waals surface area contributed by atoms with E-state index in [2.05, 4.69) is 22.1 Å². The molecule has 1 aromatic heterocycles. The minimum Gasteiger partial charge on any atom is -0.352 e. The normalized spacial score (nSPS) is 26.3. The first-order valence-electron chi connectivity index (χ1n) is 8.78. The molecule has 0 spiro atoms. The quantitative estimate of drug-likeness (QED) is 0.894. The fourth-order valence-electron chi connectivity index (χ4n) is 3.73. The highest BCUT2D eigenvalue weighted by Gasteiger charge is 2.28. The maximum absolute atomic E-state index is 12.6. The Morgan fingerprint density at radius 1 is 1.35 bits per heavy atom. The first-order chi connectivity index (χ1) is 11.0. The molecule has 2 aliphatic rings. The fourth-order valence-corrected chi connectivity index (χ4v) is 3.73. The maximum atomic E-state index is 12.6. The van der Waals surface area contributed by atoms with Crippen LogP contribution in [0.15, 0.2) is 17.1 Å². The number of rotatable bonds is 3. The standard InChI is InChI=1S/C18H27N3O2/c1-12-3-5-15(6-4-12)20-17(22)13(2)21-10-8-14-7-9-19-18(23)16(14)11-21/h7,9,12-13,15H,3-6,8,10-11H2,1-2H3,(H,19,23)(H,20,22).